The third-order valence-corrected chi connectivity index (χ3v) is 5.97. The lowest BCUT2D eigenvalue weighted by Crippen LogP contribution is -2.37. The van der Waals surface area contributed by atoms with Gasteiger partial charge in [0.05, 0.1) is 31.2 Å². The number of hydrogen-bond acceptors (Lipinski definition) is 7. The Morgan fingerprint density at radius 2 is 1.91 bits per heavy atom. The van der Waals surface area contributed by atoms with Crippen LogP contribution in [0.15, 0.2) is 55.0 Å². The minimum absolute atomic E-state index is 0.505. The molecule has 1 saturated heterocycles. The average Bonchev–Trinajstić information content (AvgIpc) is 3.53. The first-order valence-corrected chi connectivity index (χ1v) is 11.6. The van der Waals surface area contributed by atoms with Gasteiger partial charge in [-0.05, 0) is 25.5 Å². The molecule has 1 aromatic carbocycles. The standard InChI is InChI=1S/C25H29N7O2/c1-18-4-3-5-19(14-18)21-8-9-32(29-21)25-15-24(31-10-12-34-13-11-31)27-23(28-25)7-6-22(33)20-16-26-30(2)17-20/h3-5,8-9,14-17,22,33H,6-7,10-13H2,1-2H3. The van der Waals surface area contributed by atoms with Crippen LogP contribution >= 0.6 is 0 Å². The van der Waals surface area contributed by atoms with Crippen LogP contribution in [-0.4, -0.2) is 60.9 Å². The maximum Gasteiger partial charge on any atom is 0.159 e. The summed E-state index contributed by atoms with van der Waals surface area (Å²) in [6.07, 6.45) is 5.87. The predicted octanol–water partition coefficient (Wildman–Crippen LogP) is 2.87. The zero-order valence-corrected chi connectivity index (χ0v) is 19.5. The molecule has 0 aliphatic carbocycles. The van der Waals surface area contributed by atoms with Gasteiger partial charge < -0.3 is 14.7 Å². The van der Waals surface area contributed by atoms with Gasteiger partial charge in [-0.25, -0.2) is 14.6 Å². The molecule has 0 amide bonds. The number of anilines is 1. The number of aromatic nitrogens is 6. The number of rotatable bonds is 7. The predicted molar refractivity (Wildman–Crippen MR) is 129 cm³/mol. The second-order valence-electron chi connectivity index (χ2n) is 8.62. The van der Waals surface area contributed by atoms with Gasteiger partial charge in [0.2, 0.25) is 0 Å². The number of ether oxygens (including phenoxy) is 1. The fraction of sp³-hybridized carbons (Fsp3) is 0.360. The van der Waals surface area contributed by atoms with Crippen LogP contribution in [0.3, 0.4) is 0 Å². The Balaban J connectivity index is 1.43. The van der Waals surface area contributed by atoms with E-state index in [1.165, 1.54) is 5.56 Å². The second-order valence-corrected chi connectivity index (χ2v) is 8.62. The van der Waals surface area contributed by atoms with E-state index in [0.29, 0.717) is 37.7 Å². The van der Waals surface area contributed by atoms with E-state index in [0.717, 1.165) is 35.7 Å². The smallest absolute Gasteiger partial charge is 0.159 e. The maximum atomic E-state index is 10.6. The van der Waals surface area contributed by atoms with E-state index in [9.17, 15) is 5.11 Å². The van der Waals surface area contributed by atoms with Crippen molar-refractivity contribution >= 4 is 5.82 Å². The van der Waals surface area contributed by atoms with Crippen LogP contribution in [0.1, 0.15) is 29.5 Å². The number of aliphatic hydroxyl groups excluding tert-OH is 1. The molecule has 9 nitrogen and oxygen atoms in total. The summed E-state index contributed by atoms with van der Waals surface area (Å²) in [5, 5.41) is 19.5. The molecule has 1 fully saturated rings. The molecule has 9 heteroatoms. The Hall–Kier alpha value is -3.56. The topological polar surface area (TPSA) is 94.1 Å². The summed E-state index contributed by atoms with van der Waals surface area (Å²) in [5.74, 6) is 2.24. The molecule has 0 radical (unpaired) electrons. The van der Waals surface area contributed by atoms with Gasteiger partial charge in [0.25, 0.3) is 0 Å². The molecule has 176 valence electrons. The SMILES string of the molecule is Cc1cccc(-c2ccn(-c3cc(N4CCOCC4)nc(CCC(O)c4cnn(C)c4)n3)n2)c1. The molecular formula is C25H29N7O2. The fourth-order valence-electron chi connectivity index (χ4n) is 4.11. The first-order valence-electron chi connectivity index (χ1n) is 11.6. The van der Waals surface area contributed by atoms with Crippen LogP contribution in [0.2, 0.25) is 0 Å². The van der Waals surface area contributed by atoms with Gasteiger partial charge >= 0.3 is 0 Å². The van der Waals surface area contributed by atoms with Crippen molar-refractivity contribution < 1.29 is 9.84 Å². The Kier molecular flexibility index (Phi) is 6.37. The van der Waals surface area contributed by atoms with Crippen molar-refractivity contribution in [2.24, 2.45) is 7.05 Å². The van der Waals surface area contributed by atoms with E-state index in [2.05, 4.69) is 35.1 Å². The van der Waals surface area contributed by atoms with Gasteiger partial charge in [-0.1, -0.05) is 23.8 Å². The number of aliphatic hydroxyl groups is 1. The maximum absolute atomic E-state index is 10.6. The minimum Gasteiger partial charge on any atom is -0.388 e. The number of hydrogen-bond donors (Lipinski definition) is 1. The summed E-state index contributed by atoms with van der Waals surface area (Å²) in [6.45, 7) is 4.98. The number of nitrogens with zero attached hydrogens (tertiary/aromatic N) is 7. The summed E-state index contributed by atoms with van der Waals surface area (Å²) in [4.78, 5) is 11.8. The quantitative estimate of drug-likeness (QED) is 0.454. The third kappa shape index (κ3) is 5.00. The molecular weight excluding hydrogens is 430 g/mol. The van der Waals surface area contributed by atoms with Crippen molar-refractivity contribution in [1.29, 1.82) is 0 Å². The summed E-state index contributed by atoms with van der Waals surface area (Å²) in [7, 11) is 1.84. The molecule has 1 aliphatic heterocycles. The Labute approximate surface area is 198 Å². The van der Waals surface area contributed by atoms with Crippen molar-refractivity contribution in [3.05, 3.63) is 71.9 Å². The molecule has 1 atom stereocenters. The van der Waals surface area contributed by atoms with Crippen LogP contribution in [0.5, 0.6) is 0 Å². The highest BCUT2D eigenvalue weighted by Gasteiger charge is 2.18. The first kappa shape index (κ1) is 22.2. The molecule has 1 unspecified atom stereocenters. The fourth-order valence-corrected chi connectivity index (χ4v) is 4.11. The summed E-state index contributed by atoms with van der Waals surface area (Å²) < 4.78 is 9.00. The van der Waals surface area contributed by atoms with E-state index in [1.807, 2.05) is 37.6 Å². The van der Waals surface area contributed by atoms with Crippen LogP contribution in [0.25, 0.3) is 17.1 Å². The van der Waals surface area contributed by atoms with Crippen LogP contribution in [0, 0.1) is 6.92 Å². The summed E-state index contributed by atoms with van der Waals surface area (Å²) >= 11 is 0. The van der Waals surface area contributed by atoms with E-state index in [1.54, 1.807) is 15.6 Å². The van der Waals surface area contributed by atoms with Gasteiger partial charge in [-0.3, -0.25) is 4.68 Å². The van der Waals surface area contributed by atoms with Crippen molar-refractivity contribution in [2.75, 3.05) is 31.2 Å². The van der Waals surface area contributed by atoms with Crippen molar-refractivity contribution in [3.63, 3.8) is 0 Å². The van der Waals surface area contributed by atoms with Gasteiger partial charge in [-0.2, -0.15) is 10.2 Å². The zero-order chi connectivity index (χ0) is 23.5. The second kappa shape index (κ2) is 9.74. The molecule has 0 bridgehead atoms. The van der Waals surface area contributed by atoms with Gasteiger partial charge in [0.1, 0.15) is 11.6 Å². The van der Waals surface area contributed by atoms with E-state index < -0.39 is 6.10 Å². The van der Waals surface area contributed by atoms with E-state index in [4.69, 9.17) is 19.8 Å². The average molecular weight is 460 g/mol. The molecule has 1 N–H and O–H groups in total. The minimum atomic E-state index is -0.620. The summed E-state index contributed by atoms with van der Waals surface area (Å²) in [5.41, 5.74) is 3.95. The Bertz CT molecular complexity index is 1260. The molecule has 1 aliphatic rings. The van der Waals surface area contributed by atoms with Crippen molar-refractivity contribution in [3.8, 4) is 17.1 Å². The van der Waals surface area contributed by atoms with Crippen LogP contribution in [0.4, 0.5) is 5.82 Å². The van der Waals surface area contributed by atoms with E-state index >= 15 is 0 Å². The molecule has 4 aromatic rings. The number of benzene rings is 1. The van der Waals surface area contributed by atoms with Gasteiger partial charge in [0, 0.05) is 56.1 Å². The van der Waals surface area contributed by atoms with Gasteiger partial charge in [0.15, 0.2) is 5.82 Å². The molecule has 0 saturated carbocycles. The molecule has 5 rings (SSSR count). The normalized spacial score (nSPS) is 15.0. The molecule has 0 spiro atoms. The third-order valence-electron chi connectivity index (χ3n) is 5.97. The number of morpholine rings is 1. The molecule has 34 heavy (non-hydrogen) atoms. The van der Waals surface area contributed by atoms with Gasteiger partial charge in [-0.15, -0.1) is 0 Å². The number of aryl methyl sites for hydroxylation is 3. The molecule has 4 heterocycles. The lowest BCUT2D eigenvalue weighted by Gasteiger charge is -2.28. The lowest BCUT2D eigenvalue weighted by molar-refractivity contribution is 0.122. The Morgan fingerprint density at radius 3 is 2.68 bits per heavy atom. The lowest BCUT2D eigenvalue weighted by atomic mass is 10.1. The molecule has 3 aromatic heterocycles. The highest BCUT2D eigenvalue weighted by molar-refractivity contribution is 5.60. The van der Waals surface area contributed by atoms with Crippen LogP contribution in [-0.2, 0) is 18.2 Å². The Morgan fingerprint density at radius 1 is 1.09 bits per heavy atom. The van der Waals surface area contributed by atoms with Crippen molar-refractivity contribution in [2.45, 2.75) is 25.9 Å². The summed E-state index contributed by atoms with van der Waals surface area (Å²) in [6, 6.07) is 12.3. The van der Waals surface area contributed by atoms with Crippen molar-refractivity contribution in [1.82, 2.24) is 29.5 Å². The monoisotopic (exact) mass is 459 g/mol. The van der Waals surface area contributed by atoms with E-state index in [-0.39, 0.29) is 0 Å². The van der Waals surface area contributed by atoms with Crippen LogP contribution < -0.4 is 4.90 Å². The highest BCUT2D eigenvalue weighted by atomic mass is 16.5. The highest BCUT2D eigenvalue weighted by Crippen LogP contribution is 2.23. The largest absolute Gasteiger partial charge is 0.388 e. The first-order chi connectivity index (χ1) is 16.5. The zero-order valence-electron chi connectivity index (χ0n) is 19.5.